The normalized spacial score (nSPS) is 20.2. The molecule has 1 aromatic carbocycles. The fourth-order valence-electron chi connectivity index (χ4n) is 3.11. The highest BCUT2D eigenvalue weighted by atomic mass is 19.1. The van der Waals surface area contributed by atoms with Gasteiger partial charge in [0.15, 0.2) is 0 Å². The van der Waals surface area contributed by atoms with E-state index in [-0.39, 0.29) is 6.04 Å². The monoisotopic (exact) mass is 267 g/mol. The zero-order valence-corrected chi connectivity index (χ0v) is 11.8. The second kappa shape index (κ2) is 6.47. The number of benzene rings is 1. The highest BCUT2D eigenvalue weighted by Crippen LogP contribution is 2.28. The highest BCUT2D eigenvalue weighted by molar-refractivity contribution is 5.21. The van der Waals surface area contributed by atoms with Gasteiger partial charge in [0.1, 0.15) is 11.6 Å². The predicted octanol–water partition coefficient (Wildman–Crippen LogP) is 4.58. The molecule has 2 atom stereocenters. The Morgan fingerprint density at radius 2 is 1.79 bits per heavy atom. The van der Waals surface area contributed by atoms with Crippen LogP contribution in [0, 0.1) is 17.6 Å². The Kier molecular flexibility index (Phi) is 4.92. The summed E-state index contributed by atoms with van der Waals surface area (Å²) < 4.78 is 26.6. The molecule has 2 unspecified atom stereocenters. The smallest absolute Gasteiger partial charge is 0.130 e. The zero-order valence-electron chi connectivity index (χ0n) is 11.8. The van der Waals surface area contributed by atoms with Gasteiger partial charge in [-0.1, -0.05) is 25.3 Å². The number of hydrogen-bond donors (Lipinski definition) is 1. The molecule has 0 aromatic heterocycles. The Bertz CT molecular complexity index is 413. The molecule has 2 rings (SSSR count). The van der Waals surface area contributed by atoms with Crippen LogP contribution in [0.4, 0.5) is 8.78 Å². The Labute approximate surface area is 114 Å². The van der Waals surface area contributed by atoms with Gasteiger partial charge in [0.05, 0.1) is 0 Å². The molecule has 1 N–H and O–H groups in total. The third-order valence-electron chi connectivity index (χ3n) is 4.30. The fraction of sp³-hybridized carbons (Fsp3) is 0.625. The quantitative estimate of drug-likeness (QED) is 0.841. The number of hydrogen-bond acceptors (Lipinski definition) is 1. The summed E-state index contributed by atoms with van der Waals surface area (Å²) in [6.07, 6.45) is 6.46. The molecule has 0 aliphatic heterocycles. The maximum atomic E-state index is 13.7. The largest absolute Gasteiger partial charge is 0.307 e. The Hall–Kier alpha value is -0.960. The second-order valence-corrected chi connectivity index (χ2v) is 5.74. The summed E-state index contributed by atoms with van der Waals surface area (Å²) in [5.74, 6) is -0.302. The van der Waals surface area contributed by atoms with E-state index in [9.17, 15) is 8.78 Å². The van der Waals surface area contributed by atoms with Crippen molar-refractivity contribution >= 4 is 0 Å². The number of nitrogens with one attached hydrogen (secondary N) is 1. The van der Waals surface area contributed by atoms with Crippen molar-refractivity contribution in [3.05, 3.63) is 35.4 Å². The van der Waals surface area contributed by atoms with Crippen molar-refractivity contribution in [1.82, 2.24) is 5.32 Å². The Balaban J connectivity index is 1.97. The van der Waals surface area contributed by atoms with Crippen molar-refractivity contribution in [3.8, 4) is 0 Å². The van der Waals surface area contributed by atoms with E-state index >= 15 is 0 Å². The molecule has 0 bridgehead atoms. The van der Waals surface area contributed by atoms with Gasteiger partial charge in [-0.15, -0.1) is 0 Å². The SMILES string of the molecule is CC(NC(C)C1CCCCC1)c1ccc(F)cc1F. The van der Waals surface area contributed by atoms with E-state index in [1.165, 1.54) is 44.2 Å². The van der Waals surface area contributed by atoms with Gasteiger partial charge >= 0.3 is 0 Å². The van der Waals surface area contributed by atoms with Crippen LogP contribution in [0.3, 0.4) is 0 Å². The molecular formula is C16H23F2N. The van der Waals surface area contributed by atoms with Crippen LogP contribution in [0.15, 0.2) is 18.2 Å². The summed E-state index contributed by atoms with van der Waals surface area (Å²) >= 11 is 0. The van der Waals surface area contributed by atoms with Crippen molar-refractivity contribution < 1.29 is 8.78 Å². The molecule has 0 spiro atoms. The molecule has 106 valence electrons. The third kappa shape index (κ3) is 3.75. The highest BCUT2D eigenvalue weighted by Gasteiger charge is 2.22. The van der Waals surface area contributed by atoms with Gasteiger partial charge < -0.3 is 5.32 Å². The topological polar surface area (TPSA) is 12.0 Å². The summed E-state index contributed by atoms with van der Waals surface area (Å²) in [6.45, 7) is 4.11. The molecular weight excluding hydrogens is 244 g/mol. The van der Waals surface area contributed by atoms with E-state index in [0.29, 0.717) is 17.5 Å². The van der Waals surface area contributed by atoms with Gasteiger partial charge in [-0.05, 0) is 38.7 Å². The van der Waals surface area contributed by atoms with E-state index < -0.39 is 11.6 Å². The fourth-order valence-corrected chi connectivity index (χ4v) is 3.11. The lowest BCUT2D eigenvalue weighted by Gasteiger charge is -2.31. The van der Waals surface area contributed by atoms with Gasteiger partial charge in [-0.3, -0.25) is 0 Å². The first-order valence-corrected chi connectivity index (χ1v) is 7.29. The Morgan fingerprint density at radius 1 is 1.11 bits per heavy atom. The standard InChI is InChI=1S/C16H23F2N/c1-11(13-6-4-3-5-7-13)19-12(2)15-9-8-14(17)10-16(15)18/h8-13,19H,3-7H2,1-2H3. The van der Waals surface area contributed by atoms with Gasteiger partial charge in [0.25, 0.3) is 0 Å². The first-order valence-electron chi connectivity index (χ1n) is 7.29. The van der Waals surface area contributed by atoms with Crippen LogP contribution in [-0.2, 0) is 0 Å². The molecule has 0 amide bonds. The molecule has 1 aromatic rings. The van der Waals surface area contributed by atoms with Crippen LogP contribution in [0.2, 0.25) is 0 Å². The van der Waals surface area contributed by atoms with Crippen LogP contribution in [-0.4, -0.2) is 6.04 Å². The average Bonchev–Trinajstić information content (AvgIpc) is 2.39. The summed E-state index contributed by atoms with van der Waals surface area (Å²) in [5.41, 5.74) is 0.545. The minimum absolute atomic E-state index is 0.0856. The average molecular weight is 267 g/mol. The summed E-state index contributed by atoms with van der Waals surface area (Å²) in [6, 6.07) is 4.11. The first-order chi connectivity index (χ1) is 9.08. The lowest BCUT2D eigenvalue weighted by Crippen LogP contribution is -2.36. The van der Waals surface area contributed by atoms with Gasteiger partial charge in [-0.25, -0.2) is 8.78 Å². The molecule has 1 aliphatic rings. The van der Waals surface area contributed by atoms with E-state index in [2.05, 4.69) is 12.2 Å². The molecule has 1 nitrogen and oxygen atoms in total. The van der Waals surface area contributed by atoms with Crippen molar-refractivity contribution in [1.29, 1.82) is 0 Å². The number of halogens is 2. The van der Waals surface area contributed by atoms with Crippen LogP contribution in [0.1, 0.15) is 57.6 Å². The summed E-state index contributed by atoms with van der Waals surface area (Å²) in [7, 11) is 0. The lowest BCUT2D eigenvalue weighted by molar-refractivity contribution is 0.267. The molecule has 3 heteroatoms. The molecule has 1 fully saturated rings. The molecule has 0 radical (unpaired) electrons. The van der Waals surface area contributed by atoms with E-state index in [4.69, 9.17) is 0 Å². The predicted molar refractivity (Wildman–Crippen MR) is 73.9 cm³/mol. The maximum Gasteiger partial charge on any atom is 0.130 e. The summed E-state index contributed by atoms with van der Waals surface area (Å²) in [4.78, 5) is 0. The first kappa shape index (κ1) is 14.4. The van der Waals surface area contributed by atoms with Crippen molar-refractivity contribution in [2.24, 2.45) is 5.92 Å². The molecule has 1 aliphatic carbocycles. The molecule has 0 saturated heterocycles. The maximum absolute atomic E-state index is 13.7. The van der Waals surface area contributed by atoms with Crippen molar-refractivity contribution in [2.75, 3.05) is 0 Å². The van der Waals surface area contributed by atoms with Crippen molar-refractivity contribution in [3.63, 3.8) is 0 Å². The van der Waals surface area contributed by atoms with Crippen LogP contribution >= 0.6 is 0 Å². The van der Waals surface area contributed by atoms with E-state index in [1.807, 2.05) is 6.92 Å². The minimum atomic E-state index is -0.520. The third-order valence-corrected chi connectivity index (χ3v) is 4.30. The molecule has 1 saturated carbocycles. The van der Waals surface area contributed by atoms with E-state index in [1.54, 1.807) is 0 Å². The second-order valence-electron chi connectivity index (χ2n) is 5.74. The number of rotatable bonds is 4. The summed E-state index contributed by atoms with van der Waals surface area (Å²) in [5, 5.41) is 3.46. The Morgan fingerprint density at radius 3 is 2.42 bits per heavy atom. The van der Waals surface area contributed by atoms with Gasteiger partial charge in [-0.2, -0.15) is 0 Å². The molecule has 0 heterocycles. The van der Waals surface area contributed by atoms with Crippen LogP contribution in [0.5, 0.6) is 0 Å². The van der Waals surface area contributed by atoms with Crippen molar-refractivity contribution in [2.45, 2.75) is 58.0 Å². The van der Waals surface area contributed by atoms with Gasteiger partial charge in [0.2, 0.25) is 0 Å². The lowest BCUT2D eigenvalue weighted by atomic mass is 9.84. The molecule has 19 heavy (non-hydrogen) atoms. The van der Waals surface area contributed by atoms with Gasteiger partial charge in [0, 0.05) is 23.7 Å². The van der Waals surface area contributed by atoms with E-state index in [0.717, 1.165) is 6.07 Å². The van der Waals surface area contributed by atoms with Crippen LogP contribution in [0.25, 0.3) is 0 Å². The minimum Gasteiger partial charge on any atom is -0.307 e. The van der Waals surface area contributed by atoms with Crippen LogP contribution < -0.4 is 5.32 Å². The zero-order chi connectivity index (χ0) is 13.8.